The van der Waals surface area contributed by atoms with Gasteiger partial charge in [-0.15, -0.1) is 0 Å². The van der Waals surface area contributed by atoms with Gasteiger partial charge in [0, 0.05) is 31.9 Å². The molecule has 0 bridgehead atoms. The van der Waals surface area contributed by atoms with Gasteiger partial charge in [-0.25, -0.2) is 0 Å². The predicted octanol–water partition coefficient (Wildman–Crippen LogP) is 4.46. The third-order valence-corrected chi connectivity index (χ3v) is 7.10. The Bertz CT molecular complexity index is 960. The van der Waals surface area contributed by atoms with Gasteiger partial charge in [0.05, 0.1) is 12.2 Å². The fourth-order valence-corrected chi connectivity index (χ4v) is 5.04. The number of hydrogen-bond donors (Lipinski definition) is 1. The van der Waals surface area contributed by atoms with Crippen LogP contribution >= 0.6 is 0 Å². The molecule has 1 saturated heterocycles. The number of hydrogen-bond acceptors (Lipinski definition) is 4. The fourth-order valence-electron chi connectivity index (χ4n) is 5.04. The third kappa shape index (κ3) is 5.40. The van der Waals surface area contributed by atoms with E-state index in [1.165, 1.54) is 0 Å². The van der Waals surface area contributed by atoms with Crippen molar-refractivity contribution in [1.82, 2.24) is 20.0 Å². The van der Waals surface area contributed by atoms with Crippen molar-refractivity contribution in [3.8, 4) is 5.75 Å². The SMILES string of the molecule is CC(C)n1nccc1C(=O)N1CCC2(CCCCCCOc3ccccc3C(=O)NC2)CC1. The van der Waals surface area contributed by atoms with Gasteiger partial charge >= 0.3 is 0 Å². The smallest absolute Gasteiger partial charge is 0.272 e. The molecule has 1 N–H and O–H groups in total. The molecule has 2 aliphatic rings. The maximum absolute atomic E-state index is 13.2. The van der Waals surface area contributed by atoms with Crippen LogP contribution < -0.4 is 10.1 Å². The van der Waals surface area contributed by atoms with Gasteiger partial charge < -0.3 is 15.0 Å². The molecular formula is C26H36N4O3. The summed E-state index contributed by atoms with van der Waals surface area (Å²) in [5, 5.41) is 7.52. The summed E-state index contributed by atoms with van der Waals surface area (Å²) in [7, 11) is 0. The summed E-state index contributed by atoms with van der Waals surface area (Å²) in [5.41, 5.74) is 1.27. The first-order valence-corrected chi connectivity index (χ1v) is 12.3. The molecule has 7 nitrogen and oxygen atoms in total. The first-order valence-electron chi connectivity index (χ1n) is 12.3. The molecule has 4 rings (SSSR count). The number of nitrogens with zero attached hydrogens (tertiary/aromatic N) is 3. The maximum Gasteiger partial charge on any atom is 0.272 e. The molecule has 2 amide bonds. The average molecular weight is 453 g/mol. The average Bonchev–Trinajstić information content (AvgIpc) is 3.32. The lowest BCUT2D eigenvalue weighted by Crippen LogP contribution is -2.48. The van der Waals surface area contributed by atoms with Crippen molar-refractivity contribution in [2.45, 2.75) is 64.8 Å². The summed E-state index contributed by atoms with van der Waals surface area (Å²) in [4.78, 5) is 28.1. The lowest BCUT2D eigenvalue weighted by Gasteiger charge is -2.42. The van der Waals surface area contributed by atoms with Crippen molar-refractivity contribution in [2.75, 3.05) is 26.2 Å². The molecule has 0 aliphatic carbocycles. The number of para-hydroxylation sites is 1. The second-order valence-corrected chi connectivity index (χ2v) is 9.74. The zero-order valence-corrected chi connectivity index (χ0v) is 19.9. The van der Waals surface area contributed by atoms with E-state index in [1.54, 1.807) is 10.9 Å². The molecule has 1 aromatic heterocycles. The number of likely N-dealkylation sites (tertiary alicyclic amines) is 1. The first-order chi connectivity index (χ1) is 16.0. The quantitative estimate of drug-likeness (QED) is 0.730. The molecule has 7 heteroatoms. The molecule has 1 aromatic carbocycles. The molecular weight excluding hydrogens is 416 g/mol. The normalized spacial score (nSPS) is 19.6. The van der Waals surface area contributed by atoms with Crippen LogP contribution in [0.3, 0.4) is 0 Å². The first kappa shape index (κ1) is 23.3. The summed E-state index contributed by atoms with van der Waals surface area (Å²) >= 11 is 0. The molecule has 1 fully saturated rings. The van der Waals surface area contributed by atoms with Crippen molar-refractivity contribution in [2.24, 2.45) is 5.41 Å². The van der Waals surface area contributed by atoms with Crippen LogP contribution in [0.4, 0.5) is 0 Å². The number of carbonyl (C=O) groups excluding carboxylic acids is 2. The molecule has 33 heavy (non-hydrogen) atoms. The fraction of sp³-hybridized carbons (Fsp3) is 0.577. The largest absolute Gasteiger partial charge is 0.493 e. The van der Waals surface area contributed by atoms with E-state index < -0.39 is 0 Å². The molecule has 1 spiro atoms. The van der Waals surface area contributed by atoms with E-state index in [9.17, 15) is 9.59 Å². The van der Waals surface area contributed by atoms with E-state index in [4.69, 9.17) is 4.74 Å². The number of nitrogens with one attached hydrogen (secondary N) is 1. The Hall–Kier alpha value is -2.83. The van der Waals surface area contributed by atoms with Crippen LogP contribution in [0, 0.1) is 5.41 Å². The molecule has 2 aromatic rings. The molecule has 0 atom stereocenters. The Kier molecular flexibility index (Phi) is 7.36. The summed E-state index contributed by atoms with van der Waals surface area (Å²) in [5.74, 6) is 0.629. The standard InChI is InChI=1S/C26H36N4O3/c1-20(2)30-22(11-15-28-30)25(32)29-16-13-26(14-17-29)12-7-3-4-8-18-33-23-10-6-5-9-21(23)24(31)27-19-26/h5-6,9-11,15,20H,3-4,7-8,12-14,16-19H2,1-2H3,(H,27,31). The second kappa shape index (κ2) is 10.4. The van der Waals surface area contributed by atoms with E-state index >= 15 is 0 Å². The van der Waals surface area contributed by atoms with Crippen LogP contribution in [-0.4, -0.2) is 52.7 Å². The minimum Gasteiger partial charge on any atom is -0.493 e. The molecule has 0 unspecified atom stereocenters. The van der Waals surface area contributed by atoms with Crippen molar-refractivity contribution in [3.05, 3.63) is 47.8 Å². The molecule has 2 aliphatic heterocycles. The summed E-state index contributed by atoms with van der Waals surface area (Å²) < 4.78 is 7.70. The monoisotopic (exact) mass is 452 g/mol. The number of ether oxygens (including phenoxy) is 1. The molecule has 0 saturated carbocycles. The number of benzene rings is 1. The van der Waals surface area contributed by atoms with Gasteiger partial charge in [0.1, 0.15) is 11.4 Å². The van der Waals surface area contributed by atoms with Gasteiger partial charge in [-0.05, 0) is 63.1 Å². The summed E-state index contributed by atoms with van der Waals surface area (Å²) in [6.07, 6.45) is 8.98. The van der Waals surface area contributed by atoms with E-state index in [-0.39, 0.29) is 23.3 Å². The zero-order chi connectivity index (χ0) is 23.3. The second-order valence-electron chi connectivity index (χ2n) is 9.74. The van der Waals surface area contributed by atoms with E-state index in [0.29, 0.717) is 43.2 Å². The summed E-state index contributed by atoms with van der Waals surface area (Å²) in [6, 6.07) is 9.44. The number of rotatable bonds is 2. The Morgan fingerprint density at radius 3 is 2.61 bits per heavy atom. The van der Waals surface area contributed by atoms with Crippen LogP contribution in [0.15, 0.2) is 36.5 Å². The van der Waals surface area contributed by atoms with Crippen LogP contribution in [0.1, 0.15) is 85.7 Å². The molecule has 178 valence electrons. The molecule has 0 radical (unpaired) electrons. The van der Waals surface area contributed by atoms with Gasteiger partial charge in [0.2, 0.25) is 0 Å². The summed E-state index contributed by atoms with van der Waals surface area (Å²) in [6.45, 7) is 6.75. The predicted molar refractivity (Wildman–Crippen MR) is 128 cm³/mol. The highest BCUT2D eigenvalue weighted by molar-refractivity contribution is 5.97. The third-order valence-electron chi connectivity index (χ3n) is 7.10. The lowest BCUT2D eigenvalue weighted by atomic mass is 9.74. The Morgan fingerprint density at radius 2 is 1.82 bits per heavy atom. The highest BCUT2D eigenvalue weighted by atomic mass is 16.5. The lowest BCUT2D eigenvalue weighted by molar-refractivity contribution is 0.0524. The minimum absolute atomic E-state index is 0.0224. The van der Waals surface area contributed by atoms with Gasteiger partial charge in [0.25, 0.3) is 11.8 Å². The maximum atomic E-state index is 13.2. The van der Waals surface area contributed by atoms with Gasteiger partial charge in [-0.3, -0.25) is 14.3 Å². The van der Waals surface area contributed by atoms with E-state index in [2.05, 4.69) is 10.4 Å². The number of aromatic nitrogens is 2. The van der Waals surface area contributed by atoms with Gasteiger partial charge in [0.15, 0.2) is 0 Å². The Morgan fingerprint density at radius 1 is 1.06 bits per heavy atom. The number of amides is 2. The van der Waals surface area contributed by atoms with Crippen molar-refractivity contribution in [1.29, 1.82) is 0 Å². The number of carbonyl (C=O) groups is 2. The minimum atomic E-state index is -0.0800. The van der Waals surface area contributed by atoms with Crippen LogP contribution in [0.25, 0.3) is 0 Å². The van der Waals surface area contributed by atoms with Crippen LogP contribution in [-0.2, 0) is 0 Å². The van der Waals surface area contributed by atoms with Crippen LogP contribution in [0.2, 0.25) is 0 Å². The molecule has 3 heterocycles. The van der Waals surface area contributed by atoms with E-state index in [1.807, 2.05) is 49.1 Å². The van der Waals surface area contributed by atoms with Crippen LogP contribution in [0.5, 0.6) is 5.75 Å². The van der Waals surface area contributed by atoms with E-state index in [0.717, 1.165) is 44.9 Å². The van der Waals surface area contributed by atoms with Gasteiger partial charge in [-0.1, -0.05) is 31.4 Å². The van der Waals surface area contributed by atoms with Crippen molar-refractivity contribution < 1.29 is 14.3 Å². The highest BCUT2D eigenvalue weighted by Crippen LogP contribution is 2.37. The Balaban J connectivity index is 1.45. The zero-order valence-electron chi connectivity index (χ0n) is 19.9. The number of fused-ring (bicyclic) bond motifs is 1. The Labute approximate surface area is 196 Å². The van der Waals surface area contributed by atoms with Crippen molar-refractivity contribution >= 4 is 11.8 Å². The van der Waals surface area contributed by atoms with Gasteiger partial charge in [-0.2, -0.15) is 5.10 Å². The van der Waals surface area contributed by atoms with Crippen molar-refractivity contribution in [3.63, 3.8) is 0 Å². The number of piperidine rings is 1. The highest BCUT2D eigenvalue weighted by Gasteiger charge is 2.37. The topological polar surface area (TPSA) is 76.5 Å².